The van der Waals surface area contributed by atoms with Gasteiger partial charge in [0.2, 0.25) is 5.91 Å². The summed E-state index contributed by atoms with van der Waals surface area (Å²) in [6.07, 6.45) is 0. The number of nitrogens with one attached hydrogen (secondary N) is 1. The first kappa shape index (κ1) is 17.2. The first-order valence-electron chi connectivity index (χ1n) is 6.73. The molecule has 0 fully saturated rings. The van der Waals surface area contributed by atoms with Crippen LogP contribution in [0.25, 0.3) is 0 Å². The number of benzene rings is 1. The fourth-order valence-corrected chi connectivity index (χ4v) is 1.94. The van der Waals surface area contributed by atoms with Gasteiger partial charge in [-0.15, -0.1) is 0 Å². The zero-order valence-electron chi connectivity index (χ0n) is 12.4. The van der Waals surface area contributed by atoms with E-state index in [-0.39, 0.29) is 19.1 Å². The molecule has 1 aromatic carbocycles. The van der Waals surface area contributed by atoms with Crippen LogP contribution in [-0.2, 0) is 4.79 Å². The maximum atomic E-state index is 12.2. The number of carbonyl (C=O) groups is 1. The van der Waals surface area contributed by atoms with Gasteiger partial charge in [0.1, 0.15) is 5.75 Å². The summed E-state index contributed by atoms with van der Waals surface area (Å²) in [4.78, 5) is 13.9. The maximum absolute atomic E-state index is 12.2. The van der Waals surface area contributed by atoms with Crippen LogP contribution in [0, 0.1) is 0 Å². The van der Waals surface area contributed by atoms with Crippen molar-refractivity contribution in [3.8, 4) is 5.75 Å². The Labute approximate surface area is 124 Å². The number of amides is 1. The van der Waals surface area contributed by atoms with Crippen LogP contribution in [0.15, 0.2) is 18.2 Å². The SMILES string of the molecule is COc1ccc(NC(=O)C(C)N(CCO)CCO)c(N)c1. The van der Waals surface area contributed by atoms with Gasteiger partial charge in [0.25, 0.3) is 0 Å². The number of aliphatic hydroxyl groups is 2. The normalized spacial score (nSPS) is 12.2. The molecule has 0 spiro atoms. The van der Waals surface area contributed by atoms with Gasteiger partial charge in [-0.05, 0) is 19.1 Å². The maximum Gasteiger partial charge on any atom is 0.241 e. The minimum atomic E-state index is -0.495. The van der Waals surface area contributed by atoms with E-state index in [2.05, 4.69) is 5.32 Å². The number of hydrogen-bond donors (Lipinski definition) is 4. The molecule has 21 heavy (non-hydrogen) atoms. The summed E-state index contributed by atoms with van der Waals surface area (Å²) in [5.41, 5.74) is 6.76. The lowest BCUT2D eigenvalue weighted by atomic mass is 10.2. The van der Waals surface area contributed by atoms with E-state index in [0.717, 1.165) is 0 Å². The number of ether oxygens (including phenoxy) is 1. The first-order chi connectivity index (χ1) is 10.0. The fourth-order valence-electron chi connectivity index (χ4n) is 1.94. The Morgan fingerprint density at radius 1 is 1.38 bits per heavy atom. The number of anilines is 2. The van der Waals surface area contributed by atoms with Crippen molar-refractivity contribution in [3.05, 3.63) is 18.2 Å². The first-order valence-corrected chi connectivity index (χ1v) is 6.73. The molecule has 0 aliphatic carbocycles. The summed E-state index contributed by atoms with van der Waals surface area (Å²) >= 11 is 0. The van der Waals surface area contributed by atoms with Gasteiger partial charge in [-0.2, -0.15) is 0 Å². The molecule has 0 saturated heterocycles. The Kier molecular flexibility index (Phi) is 6.93. The van der Waals surface area contributed by atoms with Crippen molar-refractivity contribution in [1.82, 2.24) is 4.90 Å². The van der Waals surface area contributed by atoms with Crippen molar-refractivity contribution in [1.29, 1.82) is 0 Å². The second-order valence-electron chi connectivity index (χ2n) is 4.60. The Hall–Kier alpha value is -1.83. The van der Waals surface area contributed by atoms with Crippen LogP contribution >= 0.6 is 0 Å². The molecular formula is C14H23N3O4. The standard InChI is InChI=1S/C14H23N3O4/c1-10(17(5-7-18)6-8-19)14(20)16-13-4-3-11(21-2)9-12(13)15/h3-4,9-10,18-19H,5-8,15H2,1-2H3,(H,16,20). The molecule has 7 nitrogen and oxygen atoms in total. The molecule has 0 radical (unpaired) electrons. The van der Waals surface area contributed by atoms with Gasteiger partial charge in [0.05, 0.1) is 37.7 Å². The van der Waals surface area contributed by atoms with E-state index in [1.165, 1.54) is 7.11 Å². The molecule has 0 aliphatic rings. The molecule has 5 N–H and O–H groups in total. The Morgan fingerprint density at radius 3 is 2.48 bits per heavy atom. The molecule has 118 valence electrons. The van der Waals surface area contributed by atoms with E-state index < -0.39 is 6.04 Å². The summed E-state index contributed by atoms with van der Waals surface area (Å²) in [6.45, 7) is 2.17. The average Bonchev–Trinajstić information content (AvgIpc) is 2.48. The van der Waals surface area contributed by atoms with Crippen molar-refractivity contribution in [2.24, 2.45) is 0 Å². The van der Waals surface area contributed by atoms with Crippen molar-refractivity contribution in [2.75, 3.05) is 44.5 Å². The number of nitrogens with zero attached hydrogens (tertiary/aromatic N) is 1. The van der Waals surface area contributed by atoms with Gasteiger partial charge in [-0.3, -0.25) is 9.69 Å². The Balaban J connectivity index is 2.74. The topological polar surface area (TPSA) is 108 Å². The van der Waals surface area contributed by atoms with Crippen LogP contribution < -0.4 is 15.8 Å². The molecule has 1 amide bonds. The summed E-state index contributed by atoms with van der Waals surface area (Å²) in [7, 11) is 1.54. The van der Waals surface area contributed by atoms with Gasteiger partial charge in [0, 0.05) is 19.2 Å². The van der Waals surface area contributed by atoms with Crippen molar-refractivity contribution in [3.63, 3.8) is 0 Å². The Bertz CT molecular complexity index is 462. The number of carbonyl (C=O) groups excluding carboxylic acids is 1. The van der Waals surface area contributed by atoms with E-state index in [0.29, 0.717) is 30.2 Å². The van der Waals surface area contributed by atoms with Gasteiger partial charge in [-0.1, -0.05) is 0 Å². The predicted octanol–water partition coefficient (Wildman–Crippen LogP) is -0.109. The third-order valence-corrected chi connectivity index (χ3v) is 3.22. The van der Waals surface area contributed by atoms with Crippen LogP contribution in [-0.4, -0.2) is 60.5 Å². The van der Waals surface area contributed by atoms with Crippen molar-refractivity contribution in [2.45, 2.75) is 13.0 Å². The smallest absolute Gasteiger partial charge is 0.241 e. The monoisotopic (exact) mass is 297 g/mol. The van der Waals surface area contributed by atoms with E-state index in [9.17, 15) is 4.79 Å². The second-order valence-corrected chi connectivity index (χ2v) is 4.60. The van der Waals surface area contributed by atoms with E-state index in [1.807, 2.05) is 0 Å². The number of methoxy groups -OCH3 is 1. The largest absolute Gasteiger partial charge is 0.497 e. The Morgan fingerprint density at radius 2 is 2.00 bits per heavy atom. The summed E-state index contributed by atoms with van der Waals surface area (Å²) in [5.74, 6) is 0.356. The minimum absolute atomic E-state index is 0.0811. The van der Waals surface area contributed by atoms with Crippen LogP contribution in [0.5, 0.6) is 5.75 Å². The number of aliphatic hydroxyl groups excluding tert-OH is 2. The lowest BCUT2D eigenvalue weighted by Gasteiger charge is -2.26. The minimum Gasteiger partial charge on any atom is -0.497 e. The number of hydrogen-bond acceptors (Lipinski definition) is 6. The number of nitrogen functional groups attached to an aromatic ring is 1. The highest BCUT2D eigenvalue weighted by Crippen LogP contribution is 2.24. The highest BCUT2D eigenvalue weighted by atomic mass is 16.5. The van der Waals surface area contributed by atoms with Gasteiger partial charge >= 0.3 is 0 Å². The molecule has 1 atom stereocenters. The molecule has 1 aromatic rings. The van der Waals surface area contributed by atoms with Crippen molar-refractivity contribution < 1.29 is 19.7 Å². The molecule has 1 rings (SSSR count). The molecule has 0 bridgehead atoms. The van der Waals surface area contributed by atoms with Gasteiger partial charge in [-0.25, -0.2) is 0 Å². The summed E-state index contributed by atoms with van der Waals surface area (Å²) < 4.78 is 5.05. The van der Waals surface area contributed by atoms with Crippen LogP contribution in [0.1, 0.15) is 6.92 Å². The van der Waals surface area contributed by atoms with E-state index >= 15 is 0 Å². The molecule has 0 aliphatic heterocycles. The average molecular weight is 297 g/mol. The van der Waals surface area contributed by atoms with Gasteiger partial charge in [0.15, 0.2) is 0 Å². The molecule has 7 heteroatoms. The van der Waals surface area contributed by atoms with Crippen molar-refractivity contribution >= 4 is 17.3 Å². The predicted molar refractivity (Wildman–Crippen MR) is 81.2 cm³/mol. The number of nitrogens with two attached hydrogens (primary N) is 1. The van der Waals surface area contributed by atoms with Gasteiger partial charge < -0.3 is 26.0 Å². The fraction of sp³-hybridized carbons (Fsp3) is 0.500. The second kappa shape index (κ2) is 8.46. The summed E-state index contributed by atoms with van der Waals surface area (Å²) in [5, 5.41) is 20.7. The highest BCUT2D eigenvalue weighted by molar-refractivity contribution is 5.97. The third kappa shape index (κ3) is 4.89. The number of rotatable bonds is 8. The third-order valence-electron chi connectivity index (χ3n) is 3.22. The quantitative estimate of drug-likeness (QED) is 0.499. The van der Waals surface area contributed by atoms with Crippen LogP contribution in [0.2, 0.25) is 0 Å². The molecular weight excluding hydrogens is 274 g/mol. The van der Waals surface area contributed by atoms with Crippen LogP contribution in [0.3, 0.4) is 0 Å². The molecule has 0 saturated carbocycles. The lowest BCUT2D eigenvalue weighted by Crippen LogP contribution is -2.44. The molecule has 0 aromatic heterocycles. The lowest BCUT2D eigenvalue weighted by molar-refractivity contribution is -0.121. The molecule has 1 unspecified atom stereocenters. The summed E-state index contributed by atoms with van der Waals surface area (Å²) in [6, 6.07) is 4.50. The zero-order chi connectivity index (χ0) is 15.8. The van der Waals surface area contributed by atoms with Crippen LogP contribution in [0.4, 0.5) is 11.4 Å². The molecule has 0 heterocycles. The zero-order valence-corrected chi connectivity index (χ0v) is 12.4. The highest BCUT2D eigenvalue weighted by Gasteiger charge is 2.21. The van der Waals surface area contributed by atoms with E-state index in [4.69, 9.17) is 20.7 Å². The van der Waals surface area contributed by atoms with E-state index in [1.54, 1.807) is 30.0 Å².